The van der Waals surface area contributed by atoms with E-state index in [1.165, 1.54) is 6.07 Å². The van der Waals surface area contributed by atoms with E-state index >= 15 is 0 Å². The average molecular weight is 272 g/mol. The summed E-state index contributed by atoms with van der Waals surface area (Å²) >= 11 is 0. The summed E-state index contributed by atoms with van der Waals surface area (Å²) in [5.41, 5.74) is 0.456. The lowest BCUT2D eigenvalue weighted by molar-refractivity contribution is -0.112. The Hall–Kier alpha value is -2.16. The Morgan fingerprint density at radius 2 is 1.95 bits per heavy atom. The number of methoxy groups -OCH3 is 1. The number of carbonyl (C=O) groups is 1. The fourth-order valence-corrected chi connectivity index (χ4v) is 2.33. The van der Waals surface area contributed by atoms with Crippen LogP contribution in [0.25, 0.3) is 0 Å². The zero-order valence-electron chi connectivity index (χ0n) is 11.6. The van der Waals surface area contributed by atoms with E-state index in [4.69, 9.17) is 4.74 Å². The Balaban J connectivity index is 2.36. The Morgan fingerprint density at radius 1 is 1.20 bits per heavy atom. The molecule has 0 fully saturated rings. The van der Waals surface area contributed by atoms with E-state index in [-0.39, 0.29) is 5.82 Å². The van der Waals surface area contributed by atoms with Gasteiger partial charge in [-0.1, -0.05) is 30.3 Å². The van der Waals surface area contributed by atoms with Crippen molar-refractivity contribution >= 4 is 6.29 Å². The number of hydrogen-bond donors (Lipinski definition) is 0. The summed E-state index contributed by atoms with van der Waals surface area (Å²) in [4.78, 5) is 11.5. The number of ether oxygens (including phenoxy) is 1. The molecule has 0 aliphatic heterocycles. The highest BCUT2D eigenvalue weighted by Crippen LogP contribution is 2.29. The van der Waals surface area contributed by atoms with Gasteiger partial charge in [0.1, 0.15) is 17.9 Å². The normalized spacial score (nSPS) is 13.6. The maximum Gasteiger partial charge on any atom is 0.130 e. The van der Waals surface area contributed by atoms with E-state index < -0.39 is 5.41 Å². The van der Waals surface area contributed by atoms with Crippen LogP contribution in [0.5, 0.6) is 5.75 Å². The molecule has 104 valence electrons. The molecule has 3 heteroatoms. The average Bonchev–Trinajstić information content (AvgIpc) is 2.47. The topological polar surface area (TPSA) is 26.3 Å². The molecule has 2 nitrogen and oxygen atoms in total. The molecular formula is C17H17FO2. The third-order valence-corrected chi connectivity index (χ3v) is 3.45. The number of rotatable bonds is 5. The van der Waals surface area contributed by atoms with Crippen LogP contribution in [0.4, 0.5) is 4.39 Å². The summed E-state index contributed by atoms with van der Waals surface area (Å²) in [7, 11) is 1.59. The highest BCUT2D eigenvalue weighted by atomic mass is 19.1. The second kappa shape index (κ2) is 5.87. The molecule has 0 N–H and O–H groups in total. The molecule has 0 spiro atoms. The van der Waals surface area contributed by atoms with Crippen molar-refractivity contribution in [2.75, 3.05) is 7.11 Å². The van der Waals surface area contributed by atoms with Crippen LogP contribution in [0.3, 0.4) is 0 Å². The van der Waals surface area contributed by atoms with E-state index in [2.05, 4.69) is 0 Å². The fraction of sp³-hybridized carbons (Fsp3) is 0.235. The lowest BCUT2D eigenvalue weighted by atomic mass is 9.78. The van der Waals surface area contributed by atoms with Gasteiger partial charge >= 0.3 is 0 Å². The molecule has 0 heterocycles. The number of benzene rings is 2. The molecule has 0 saturated carbocycles. The molecule has 1 atom stereocenters. The van der Waals surface area contributed by atoms with Crippen molar-refractivity contribution in [3.05, 3.63) is 65.5 Å². The van der Waals surface area contributed by atoms with Crippen molar-refractivity contribution in [3.63, 3.8) is 0 Å². The highest BCUT2D eigenvalue weighted by molar-refractivity contribution is 5.69. The molecule has 0 aromatic heterocycles. The molecule has 2 rings (SSSR count). The van der Waals surface area contributed by atoms with Crippen LogP contribution in [-0.4, -0.2) is 13.4 Å². The molecule has 0 aliphatic carbocycles. The maximum atomic E-state index is 13.9. The monoisotopic (exact) mass is 272 g/mol. The molecule has 0 saturated heterocycles. The largest absolute Gasteiger partial charge is 0.497 e. The van der Waals surface area contributed by atoms with Gasteiger partial charge in [-0.05, 0) is 37.1 Å². The quantitative estimate of drug-likeness (QED) is 0.778. The summed E-state index contributed by atoms with van der Waals surface area (Å²) in [5, 5.41) is 0. The van der Waals surface area contributed by atoms with E-state index in [1.54, 1.807) is 32.2 Å². The second-order valence-corrected chi connectivity index (χ2v) is 5.04. The van der Waals surface area contributed by atoms with Gasteiger partial charge in [0.25, 0.3) is 0 Å². The number of aldehydes is 1. The first kappa shape index (κ1) is 14.3. The van der Waals surface area contributed by atoms with E-state index in [0.29, 0.717) is 12.0 Å². The van der Waals surface area contributed by atoms with Crippen LogP contribution < -0.4 is 4.74 Å². The van der Waals surface area contributed by atoms with Crippen molar-refractivity contribution in [3.8, 4) is 5.75 Å². The van der Waals surface area contributed by atoms with Crippen LogP contribution in [0.15, 0.2) is 48.5 Å². The number of halogens is 1. The van der Waals surface area contributed by atoms with E-state index in [0.717, 1.165) is 17.6 Å². The molecule has 2 aromatic rings. The van der Waals surface area contributed by atoms with Gasteiger partial charge in [-0.3, -0.25) is 0 Å². The number of carbonyl (C=O) groups excluding carboxylic acids is 1. The highest BCUT2D eigenvalue weighted by Gasteiger charge is 2.29. The molecule has 0 bridgehead atoms. The zero-order chi connectivity index (χ0) is 14.6. The molecule has 0 amide bonds. The first-order valence-electron chi connectivity index (χ1n) is 6.43. The SMILES string of the molecule is COc1cccc(CC(C)(C=O)c2ccccc2F)c1. The van der Waals surface area contributed by atoms with Gasteiger partial charge in [0.05, 0.1) is 12.5 Å². The predicted molar refractivity (Wildman–Crippen MR) is 76.5 cm³/mol. The lowest BCUT2D eigenvalue weighted by Gasteiger charge is -2.24. The Kier molecular flexibility index (Phi) is 4.18. The molecular weight excluding hydrogens is 255 g/mol. The summed E-state index contributed by atoms with van der Waals surface area (Å²) in [6.45, 7) is 1.75. The minimum Gasteiger partial charge on any atom is -0.497 e. The van der Waals surface area contributed by atoms with Crippen molar-refractivity contribution in [2.45, 2.75) is 18.8 Å². The zero-order valence-corrected chi connectivity index (χ0v) is 11.6. The molecule has 0 aliphatic rings. The van der Waals surface area contributed by atoms with Gasteiger partial charge in [0.2, 0.25) is 0 Å². The van der Waals surface area contributed by atoms with Crippen molar-refractivity contribution in [1.29, 1.82) is 0 Å². The van der Waals surface area contributed by atoms with E-state index in [9.17, 15) is 9.18 Å². The first-order chi connectivity index (χ1) is 9.59. The molecule has 1 unspecified atom stereocenters. The van der Waals surface area contributed by atoms with Gasteiger partial charge in [-0.15, -0.1) is 0 Å². The fourth-order valence-electron chi connectivity index (χ4n) is 2.33. The summed E-state index contributed by atoms with van der Waals surface area (Å²) in [6.07, 6.45) is 1.24. The Morgan fingerprint density at radius 3 is 2.60 bits per heavy atom. The van der Waals surface area contributed by atoms with E-state index in [1.807, 2.05) is 24.3 Å². The summed E-state index contributed by atoms with van der Waals surface area (Å²) in [6, 6.07) is 13.9. The van der Waals surface area contributed by atoms with Gasteiger partial charge in [-0.25, -0.2) is 4.39 Å². The van der Waals surface area contributed by atoms with Crippen molar-refractivity contribution < 1.29 is 13.9 Å². The van der Waals surface area contributed by atoms with Crippen LogP contribution in [-0.2, 0) is 16.6 Å². The third-order valence-electron chi connectivity index (χ3n) is 3.45. The summed E-state index contributed by atoms with van der Waals surface area (Å²) in [5.74, 6) is 0.370. The van der Waals surface area contributed by atoms with Crippen LogP contribution >= 0.6 is 0 Å². The van der Waals surface area contributed by atoms with Crippen LogP contribution in [0, 0.1) is 5.82 Å². The van der Waals surface area contributed by atoms with Crippen LogP contribution in [0.2, 0.25) is 0 Å². The Bertz CT molecular complexity index is 609. The predicted octanol–water partition coefficient (Wildman–Crippen LogP) is 3.53. The minimum absolute atomic E-state index is 0.356. The van der Waals surface area contributed by atoms with Crippen molar-refractivity contribution in [2.24, 2.45) is 0 Å². The maximum absolute atomic E-state index is 13.9. The molecule has 2 aromatic carbocycles. The standard InChI is InChI=1S/C17H17FO2/c1-17(12-19,15-8-3-4-9-16(15)18)11-13-6-5-7-14(10-13)20-2/h3-10,12H,11H2,1-2H3. The number of hydrogen-bond acceptors (Lipinski definition) is 2. The third kappa shape index (κ3) is 2.87. The Labute approximate surface area is 118 Å². The van der Waals surface area contributed by atoms with Crippen molar-refractivity contribution in [1.82, 2.24) is 0 Å². The smallest absolute Gasteiger partial charge is 0.130 e. The molecule has 0 radical (unpaired) electrons. The summed E-state index contributed by atoms with van der Waals surface area (Å²) < 4.78 is 19.1. The minimum atomic E-state index is -0.891. The van der Waals surface area contributed by atoms with Gasteiger partial charge < -0.3 is 9.53 Å². The van der Waals surface area contributed by atoms with Gasteiger partial charge in [0, 0.05) is 5.56 Å². The van der Waals surface area contributed by atoms with Gasteiger partial charge in [0.15, 0.2) is 0 Å². The first-order valence-corrected chi connectivity index (χ1v) is 6.43. The molecule has 20 heavy (non-hydrogen) atoms. The lowest BCUT2D eigenvalue weighted by Crippen LogP contribution is -2.28. The van der Waals surface area contributed by atoms with Gasteiger partial charge in [-0.2, -0.15) is 0 Å². The second-order valence-electron chi connectivity index (χ2n) is 5.04. The van der Waals surface area contributed by atoms with Crippen LogP contribution in [0.1, 0.15) is 18.1 Å².